The highest BCUT2D eigenvalue weighted by Gasteiger charge is 2.38. The van der Waals surface area contributed by atoms with Crippen LogP contribution in [0, 0.1) is 11.7 Å². The van der Waals surface area contributed by atoms with Crippen LogP contribution in [0.5, 0.6) is 0 Å². The lowest BCUT2D eigenvalue weighted by Crippen LogP contribution is -2.53. The number of benzene rings is 1. The molecule has 1 aromatic rings. The first-order valence-corrected chi connectivity index (χ1v) is 9.55. The van der Waals surface area contributed by atoms with E-state index in [0.29, 0.717) is 44.8 Å². The highest BCUT2D eigenvalue weighted by molar-refractivity contribution is 6.30. The predicted octanol–water partition coefficient (Wildman–Crippen LogP) is 2.56. The van der Waals surface area contributed by atoms with Crippen LogP contribution in [0.25, 0.3) is 0 Å². The Morgan fingerprint density at radius 3 is 2.67 bits per heavy atom. The van der Waals surface area contributed by atoms with Crippen LogP contribution in [-0.2, 0) is 14.3 Å². The Bertz CT molecular complexity index is 709. The van der Waals surface area contributed by atoms with E-state index in [2.05, 4.69) is 4.90 Å². The van der Waals surface area contributed by atoms with Crippen LogP contribution >= 0.6 is 11.6 Å². The molecular weight excluding hydrogens is 375 g/mol. The molecule has 1 N–H and O–H groups in total. The van der Waals surface area contributed by atoms with Crippen LogP contribution in [0.2, 0.25) is 5.02 Å². The van der Waals surface area contributed by atoms with Crippen molar-refractivity contribution in [3.05, 3.63) is 34.6 Å². The van der Waals surface area contributed by atoms with Crippen molar-refractivity contribution in [1.29, 1.82) is 0 Å². The van der Waals surface area contributed by atoms with Crippen molar-refractivity contribution in [1.82, 2.24) is 9.80 Å². The fourth-order valence-corrected chi connectivity index (χ4v) is 3.98. The van der Waals surface area contributed by atoms with Gasteiger partial charge in [0.15, 0.2) is 0 Å². The van der Waals surface area contributed by atoms with Gasteiger partial charge in [-0.1, -0.05) is 17.7 Å². The van der Waals surface area contributed by atoms with Gasteiger partial charge in [0.25, 0.3) is 0 Å². The zero-order valence-corrected chi connectivity index (χ0v) is 16.0. The molecule has 8 heteroatoms. The van der Waals surface area contributed by atoms with E-state index in [-0.39, 0.29) is 29.3 Å². The molecule has 0 radical (unpaired) electrons. The van der Waals surface area contributed by atoms with Crippen molar-refractivity contribution in [2.45, 2.75) is 31.9 Å². The molecule has 2 aliphatic rings. The Kier molecular flexibility index (Phi) is 6.34. The standard InChI is InChI=1S/C19H24ClFN2O4/c1-12(10-17(24)25)22-5-7-23(8-6-22)19(26)14-4-9-27-18(14)13-2-3-15(20)16(21)11-13/h2-3,11-12,14,18H,4-10H2,1H3,(H,24,25)/t12?,14-,18+/m1/s1. The molecule has 0 spiro atoms. The number of aliphatic carboxylic acids is 1. The Labute approximate surface area is 162 Å². The molecule has 148 valence electrons. The second kappa shape index (κ2) is 8.54. The van der Waals surface area contributed by atoms with Crippen molar-refractivity contribution in [3.8, 4) is 0 Å². The summed E-state index contributed by atoms with van der Waals surface area (Å²) in [5, 5.41) is 8.98. The van der Waals surface area contributed by atoms with Crippen molar-refractivity contribution in [3.63, 3.8) is 0 Å². The van der Waals surface area contributed by atoms with E-state index in [1.54, 1.807) is 6.07 Å². The average molecular weight is 399 g/mol. The molecule has 2 aliphatic heterocycles. The first-order valence-electron chi connectivity index (χ1n) is 9.18. The van der Waals surface area contributed by atoms with Crippen LogP contribution in [-0.4, -0.2) is 65.6 Å². The summed E-state index contributed by atoms with van der Waals surface area (Å²) in [4.78, 5) is 27.8. The van der Waals surface area contributed by atoms with Crippen molar-refractivity contribution < 1.29 is 23.8 Å². The summed E-state index contributed by atoms with van der Waals surface area (Å²) < 4.78 is 19.5. The molecular formula is C19H24ClFN2O4. The Balaban J connectivity index is 1.62. The molecule has 2 heterocycles. The Morgan fingerprint density at radius 1 is 1.33 bits per heavy atom. The molecule has 3 atom stereocenters. The number of carbonyl (C=O) groups excluding carboxylic acids is 1. The lowest BCUT2D eigenvalue weighted by molar-refractivity contribution is -0.142. The Morgan fingerprint density at radius 2 is 2.04 bits per heavy atom. The highest BCUT2D eigenvalue weighted by Crippen LogP contribution is 2.37. The monoisotopic (exact) mass is 398 g/mol. The largest absolute Gasteiger partial charge is 0.481 e. The van der Waals surface area contributed by atoms with E-state index in [1.807, 2.05) is 11.8 Å². The van der Waals surface area contributed by atoms with Gasteiger partial charge in [0.2, 0.25) is 5.91 Å². The van der Waals surface area contributed by atoms with E-state index < -0.39 is 17.9 Å². The summed E-state index contributed by atoms with van der Waals surface area (Å²) in [6, 6.07) is 4.47. The maximum Gasteiger partial charge on any atom is 0.304 e. The number of ether oxygens (including phenoxy) is 1. The van der Waals surface area contributed by atoms with Crippen molar-refractivity contribution >= 4 is 23.5 Å². The molecule has 2 fully saturated rings. The van der Waals surface area contributed by atoms with Gasteiger partial charge in [-0.15, -0.1) is 0 Å². The topological polar surface area (TPSA) is 70.1 Å². The quantitative estimate of drug-likeness (QED) is 0.825. The third-order valence-corrected chi connectivity index (χ3v) is 5.71. The van der Waals surface area contributed by atoms with Crippen LogP contribution < -0.4 is 0 Å². The third kappa shape index (κ3) is 4.59. The van der Waals surface area contributed by atoms with Gasteiger partial charge in [-0.3, -0.25) is 14.5 Å². The lowest BCUT2D eigenvalue weighted by Gasteiger charge is -2.39. The molecule has 2 saturated heterocycles. The summed E-state index contributed by atoms with van der Waals surface area (Å²) in [6.07, 6.45) is 0.228. The number of amides is 1. The number of halogens is 2. The minimum atomic E-state index is -0.817. The second-order valence-corrected chi connectivity index (χ2v) is 7.58. The average Bonchev–Trinajstić information content (AvgIpc) is 3.12. The van der Waals surface area contributed by atoms with E-state index in [0.717, 1.165) is 0 Å². The summed E-state index contributed by atoms with van der Waals surface area (Å²) in [6.45, 7) is 4.76. The second-order valence-electron chi connectivity index (χ2n) is 7.17. The van der Waals surface area contributed by atoms with Crippen molar-refractivity contribution in [2.75, 3.05) is 32.8 Å². The van der Waals surface area contributed by atoms with Crippen molar-refractivity contribution in [2.24, 2.45) is 5.92 Å². The molecule has 1 aromatic carbocycles. The van der Waals surface area contributed by atoms with Crippen LogP contribution in [0.4, 0.5) is 4.39 Å². The van der Waals surface area contributed by atoms with Gasteiger partial charge in [0, 0.05) is 38.8 Å². The maximum absolute atomic E-state index is 13.8. The molecule has 1 amide bonds. The number of carbonyl (C=O) groups is 2. The third-order valence-electron chi connectivity index (χ3n) is 5.40. The highest BCUT2D eigenvalue weighted by atomic mass is 35.5. The Hall–Kier alpha value is -1.70. The van der Waals surface area contributed by atoms with Crippen LogP contribution in [0.15, 0.2) is 18.2 Å². The first kappa shape index (κ1) is 20.0. The maximum atomic E-state index is 13.8. The normalized spacial score (nSPS) is 24.8. The number of piperazine rings is 1. The first-order chi connectivity index (χ1) is 12.9. The number of carboxylic acids is 1. The number of hydrogen-bond acceptors (Lipinski definition) is 4. The van der Waals surface area contributed by atoms with Gasteiger partial charge in [-0.2, -0.15) is 0 Å². The van der Waals surface area contributed by atoms with Gasteiger partial charge >= 0.3 is 5.97 Å². The van der Waals surface area contributed by atoms with E-state index in [1.165, 1.54) is 12.1 Å². The molecule has 0 aliphatic carbocycles. The SMILES string of the molecule is CC(CC(=O)O)N1CCN(C(=O)[C@@H]2CCO[C@H]2c2ccc(Cl)c(F)c2)CC1. The summed E-state index contributed by atoms with van der Waals surface area (Å²) in [7, 11) is 0. The van der Waals surface area contributed by atoms with E-state index in [9.17, 15) is 14.0 Å². The number of rotatable bonds is 5. The van der Waals surface area contributed by atoms with E-state index >= 15 is 0 Å². The molecule has 0 saturated carbocycles. The molecule has 27 heavy (non-hydrogen) atoms. The summed E-state index contributed by atoms with van der Waals surface area (Å²) in [5.74, 6) is -1.66. The van der Waals surface area contributed by atoms with Gasteiger partial charge < -0.3 is 14.7 Å². The predicted molar refractivity (Wildman–Crippen MR) is 98.1 cm³/mol. The number of nitrogens with zero attached hydrogens (tertiary/aromatic N) is 2. The van der Waals surface area contributed by atoms with Crippen LogP contribution in [0.3, 0.4) is 0 Å². The van der Waals surface area contributed by atoms with E-state index in [4.69, 9.17) is 21.4 Å². The molecule has 0 aromatic heterocycles. The molecule has 3 rings (SSSR count). The minimum absolute atomic E-state index is 0.0124. The number of carboxylic acid groups (broad SMARTS) is 1. The van der Waals surface area contributed by atoms with Gasteiger partial charge in [0.05, 0.1) is 23.5 Å². The fraction of sp³-hybridized carbons (Fsp3) is 0.579. The smallest absolute Gasteiger partial charge is 0.304 e. The van der Waals surface area contributed by atoms with Gasteiger partial charge in [0.1, 0.15) is 5.82 Å². The van der Waals surface area contributed by atoms with Crippen LogP contribution in [0.1, 0.15) is 31.4 Å². The van der Waals surface area contributed by atoms with Gasteiger partial charge in [-0.05, 0) is 31.0 Å². The zero-order valence-electron chi connectivity index (χ0n) is 15.2. The number of hydrogen-bond donors (Lipinski definition) is 1. The zero-order chi connectivity index (χ0) is 19.6. The summed E-state index contributed by atoms with van der Waals surface area (Å²) >= 11 is 5.75. The fourth-order valence-electron chi connectivity index (χ4n) is 3.86. The molecule has 1 unspecified atom stereocenters. The molecule has 0 bridgehead atoms. The lowest BCUT2D eigenvalue weighted by atomic mass is 9.93. The summed E-state index contributed by atoms with van der Waals surface area (Å²) in [5.41, 5.74) is 0.626. The minimum Gasteiger partial charge on any atom is -0.481 e. The van der Waals surface area contributed by atoms with Gasteiger partial charge in [-0.25, -0.2) is 4.39 Å². The molecule has 6 nitrogen and oxygen atoms in total.